The topological polar surface area (TPSA) is 96.0 Å². The lowest BCUT2D eigenvalue weighted by Crippen LogP contribution is -2.47. The molecule has 3 aromatic rings. The van der Waals surface area contributed by atoms with Gasteiger partial charge in [-0.05, 0) is 67.1 Å². The molecule has 1 atom stereocenters. The molecule has 212 valence electrons. The molecule has 0 bridgehead atoms. The van der Waals surface area contributed by atoms with Gasteiger partial charge in [0.2, 0.25) is 21.8 Å². The summed E-state index contributed by atoms with van der Waals surface area (Å²) >= 11 is 0. The van der Waals surface area contributed by atoms with Gasteiger partial charge in [-0.25, -0.2) is 8.42 Å². The lowest BCUT2D eigenvalue weighted by Gasteiger charge is -2.29. The van der Waals surface area contributed by atoms with Crippen LogP contribution in [-0.4, -0.2) is 55.7 Å². The highest BCUT2D eigenvalue weighted by atomic mass is 32.2. The minimum atomic E-state index is -3.48. The first kappa shape index (κ1) is 29.3. The third kappa shape index (κ3) is 7.49. The number of sulfonamides is 1. The largest absolute Gasteiger partial charge is 0.497 e. The number of methoxy groups -OCH3 is 1. The Balaban J connectivity index is 1.40. The normalized spacial score (nSPS) is 14.4. The minimum Gasteiger partial charge on any atom is -0.497 e. The van der Waals surface area contributed by atoms with Crippen LogP contribution >= 0.6 is 0 Å². The van der Waals surface area contributed by atoms with Gasteiger partial charge in [-0.3, -0.25) is 9.59 Å². The Morgan fingerprint density at radius 2 is 1.52 bits per heavy atom. The van der Waals surface area contributed by atoms with Crippen molar-refractivity contribution in [2.45, 2.75) is 56.6 Å². The van der Waals surface area contributed by atoms with E-state index in [1.807, 2.05) is 54.6 Å². The summed E-state index contributed by atoms with van der Waals surface area (Å²) in [6, 6.07) is 23.1. The first-order chi connectivity index (χ1) is 19.3. The Labute approximate surface area is 237 Å². The zero-order chi connectivity index (χ0) is 28.5. The number of nitrogens with one attached hydrogen (secondary N) is 1. The molecule has 9 heteroatoms. The highest BCUT2D eigenvalue weighted by Crippen LogP contribution is 2.22. The number of hydrogen-bond donors (Lipinski definition) is 1. The van der Waals surface area contributed by atoms with Crippen LogP contribution in [0, 0.1) is 0 Å². The number of nitrogens with zero attached hydrogens (tertiary/aromatic N) is 2. The standard InChI is InChI=1S/C31H37N3O5S/c1-24(31(36)32-22-26-10-15-28(39-2)16-11-26)34(23-27-8-4-3-5-9-27)30(35)19-14-25-12-17-29(18-13-25)40(37,38)33-20-6-7-21-33/h3-5,8-13,15-18,24H,6-7,14,19-23H2,1-2H3,(H,32,36). The summed E-state index contributed by atoms with van der Waals surface area (Å²) in [5.41, 5.74) is 2.73. The molecule has 3 aromatic carbocycles. The molecule has 4 rings (SSSR count). The Kier molecular flexibility index (Phi) is 9.95. The third-order valence-corrected chi connectivity index (χ3v) is 9.16. The number of aryl methyl sites for hydroxylation is 1. The van der Waals surface area contributed by atoms with Crippen LogP contribution in [0.25, 0.3) is 0 Å². The van der Waals surface area contributed by atoms with Crippen LogP contribution in [0.4, 0.5) is 0 Å². The Bertz CT molecular complexity index is 1370. The second kappa shape index (κ2) is 13.6. The quantitative estimate of drug-likeness (QED) is 0.357. The van der Waals surface area contributed by atoms with Crippen molar-refractivity contribution >= 4 is 21.8 Å². The lowest BCUT2D eigenvalue weighted by atomic mass is 10.1. The van der Waals surface area contributed by atoms with Crippen LogP contribution in [0.3, 0.4) is 0 Å². The van der Waals surface area contributed by atoms with Crippen LogP contribution in [-0.2, 0) is 39.1 Å². The molecule has 1 N–H and O–H groups in total. The molecule has 2 amide bonds. The number of rotatable bonds is 12. The summed E-state index contributed by atoms with van der Waals surface area (Å²) in [6.45, 7) is 3.50. The van der Waals surface area contributed by atoms with E-state index >= 15 is 0 Å². The number of carbonyl (C=O) groups excluding carboxylic acids is 2. The van der Waals surface area contributed by atoms with Crippen molar-refractivity contribution in [3.63, 3.8) is 0 Å². The monoisotopic (exact) mass is 563 g/mol. The number of benzene rings is 3. The average Bonchev–Trinajstić information content (AvgIpc) is 3.54. The van der Waals surface area contributed by atoms with Crippen LogP contribution in [0.5, 0.6) is 5.75 Å². The molecule has 1 aliphatic heterocycles. The molecular formula is C31H37N3O5S. The van der Waals surface area contributed by atoms with Crippen molar-refractivity contribution in [3.8, 4) is 5.75 Å². The first-order valence-electron chi connectivity index (χ1n) is 13.6. The number of amides is 2. The van der Waals surface area contributed by atoms with Crippen LogP contribution in [0.1, 0.15) is 42.9 Å². The zero-order valence-electron chi connectivity index (χ0n) is 23.1. The summed E-state index contributed by atoms with van der Waals surface area (Å²) in [4.78, 5) is 28.4. The fourth-order valence-electron chi connectivity index (χ4n) is 4.74. The summed E-state index contributed by atoms with van der Waals surface area (Å²) in [7, 11) is -1.87. The molecule has 40 heavy (non-hydrogen) atoms. The molecule has 1 saturated heterocycles. The number of hydrogen-bond acceptors (Lipinski definition) is 5. The molecule has 0 aromatic heterocycles. The van der Waals surface area contributed by atoms with E-state index in [1.54, 1.807) is 43.2 Å². The van der Waals surface area contributed by atoms with Crippen LogP contribution in [0.15, 0.2) is 83.8 Å². The van der Waals surface area contributed by atoms with Gasteiger partial charge in [0, 0.05) is 32.6 Å². The highest BCUT2D eigenvalue weighted by molar-refractivity contribution is 7.89. The Hall–Kier alpha value is -3.69. The van der Waals surface area contributed by atoms with Gasteiger partial charge in [-0.1, -0.05) is 54.6 Å². The van der Waals surface area contributed by atoms with E-state index in [-0.39, 0.29) is 23.1 Å². The van der Waals surface area contributed by atoms with Gasteiger partial charge in [-0.15, -0.1) is 0 Å². The average molecular weight is 564 g/mol. The Morgan fingerprint density at radius 1 is 0.900 bits per heavy atom. The van der Waals surface area contributed by atoms with E-state index in [2.05, 4.69) is 5.32 Å². The summed E-state index contributed by atoms with van der Waals surface area (Å²) in [6.07, 6.45) is 2.41. The van der Waals surface area contributed by atoms with Crippen molar-refractivity contribution in [1.29, 1.82) is 0 Å². The summed E-state index contributed by atoms with van der Waals surface area (Å²) in [5, 5.41) is 2.94. The van der Waals surface area contributed by atoms with Crippen LogP contribution < -0.4 is 10.1 Å². The maximum Gasteiger partial charge on any atom is 0.243 e. The highest BCUT2D eigenvalue weighted by Gasteiger charge is 2.28. The van der Waals surface area contributed by atoms with Gasteiger partial charge in [0.15, 0.2) is 0 Å². The second-order valence-electron chi connectivity index (χ2n) is 10.0. The zero-order valence-corrected chi connectivity index (χ0v) is 23.9. The fourth-order valence-corrected chi connectivity index (χ4v) is 6.26. The second-order valence-corrected chi connectivity index (χ2v) is 11.9. The van der Waals surface area contributed by atoms with E-state index in [1.165, 1.54) is 4.31 Å². The maximum atomic E-state index is 13.4. The molecule has 0 aliphatic carbocycles. The lowest BCUT2D eigenvalue weighted by molar-refractivity contribution is -0.140. The molecule has 0 radical (unpaired) electrons. The molecular weight excluding hydrogens is 526 g/mol. The van der Waals surface area contributed by atoms with Crippen molar-refractivity contribution in [1.82, 2.24) is 14.5 Å². The van der Waals surface area contributed by atoms with Gasteiger partial charge >= 0.3 is 0 Å². The molecule has 1 heterocycles. The van der Waals surface area contributed by atoms with Crippen molar-refractivity contribution in [2.24, 2.45) is 0 Å². The van der Waals surface area contributed by atoms with Gasteiger partial charge in [-0.2, -0.15) is 4.31 Å². The van der Waals surface area contributed by atoms with E-state index in [9.17, 15) is 18.0 Å². The Morgan fingerprint density at radius 3 is 2.15 bits per heavy atom. The van der Waals surface area contributed by atoms with Crippen molar-refractivity contribution in [3.05, 3.63) is 95.6 Å². The van der Waals surface area contributed by atoms with Gasteiger partial charge < -0.3 is 15.0 Å². The van der Waals surface area contributed by atoms with Crippen molar-refractivity contribution < 1.29 is 22.7 Å². The molecule has 1 aliphatic rings. The third-order valence-electron chi connectivity index (χ3n) is 7.24. The number of ether oxygens (including phenoxy) is 1. The van der Waals surface area contributed by atoms with Crippen LogP contribution in [0.2, 0.25) is 0 Å². The summed E-state index contributed by atoms with van der Waals surface area (Å²) in [5.74, 6) is 0.354. The number of carbonyl (C=O) groups is 2. The SMILES string of the molecule is COc1ccc(CNC(=O)C(C)N(Cc2ccccc2)C(=O)CCc2ccc(S(=O)(=O)N3CCCC3)cc2)cc1. The smallest absolute Gasteiger partial charge is 0.243 e. The molecule has 0 spiro atoms. The van der Waals surface area contributed by atoms with E-state index in [0.717, 1.165) is 35.3 Å². The molecule has 1 unspecified atom stereocenters. The van der Waals surface area contributed by atoms with Crippen molar-refractivity contribution in [2.75, 3.05) is 20.2 Å². The summed E-state index contributed by atoms with van der Waals surface area (Å²) < 4.78 is 32.3. The molecule has 0 saturated carbocycles. The van der Waals surface area contributed by atoms with E-state index in [4.69, 9.17) is 4.74 Å². The van der Waals surface area contributed by atoms with Gasteiger partial charge in [0.25, 0.3) is 0 Å². The van der Waals surface area contributed by atoms with Gasteiger partial charge in [0.05, 0.1) is 12.0 Å². The van der Waals surface area contributed by atoms with E-state index in [0.29, 0.717) is 32.6 Å². The predicted molar refractivity (Wildman–Crippen MR) is 154 cm³/mol. The fraction of sp³-hybridized carbons (Fsp3) is 0.355. The predicted octanol–water partition coefficient (Wildman–Crippen LogP) is 4.15. The molecule has 8 nitrogen and oxygen atoms in total. The molecule has 1 fully saturated rings. The maximum absolute atomic E-state index is 13.4. The van der Waals surface area contributed by atoms with Gasteiger partial charge in [0.1, 0.15) is 11.8 Å². The minimum absolute atomic E-state index is 0.148. The first-order valence-corrected chi connectivity index (χ1v) is 15.0. The van der Waals surface area contributed by atoms with E-state index < -0.39 is 16.1 Å².